The predicted octanol–water partition coefficient (Wildman–Crippen LogP) is 5.19. The number of anilines is 2. The van der Waals surface area contributed by atoms with Crippen LogP contribution in [0.15, 0.2) is 70.5 Å². The second-order valence-corrected chi connectivity index (χ2v) is 8.36. The molecule has 1 heterocycles. The van der Waals surface area contributed by atoms with E-state index in [0.717, 1.165) is 26.7 Å². The van der Waals surface area contributed by atoms with E-state index in [2.05, 4.69) is 11.0 Å². The molecule has 0 radical (unpaired) electrons. The van der Waals surface area contributed by atoms with Gasteiger partial charge in [0.05, 0.1) is 34.1 Å². The van der Waals surface area contributed by atoms with Crippen LogP contribution in [0.5, 0.6) is 0 Å². The summed E-state index contributed by atoms with van der Waals surface area (Å²) in [7, 11) is 0. The first-order chi connectivity index (χ1) is 14.9. The number of para-hydroxylation sites is 1. The quantitative estimate of drug-likeness (QED) is 0.574. The van der Waals surface area contributed by atoms with E-state index in [1.807, 2.05) is 43.3 Å². The molecule has 0 bridgehead atoms. The van der Waals surface area contributed by atoms with E-state index in [1.165, 1.54) is 12.1 Å². The monoisotopic (exact) mass is 430 g/mol. The fourth-order valence-electron chi connectivity index (χ4n) is 3.84. The Balaban J connectivity index is 1.75. The van der Waals surface area contributed by atoms with Crippen LogP contribution in [-0.4, -0.2) is 28.2 Å². The van der Waals surface area contributed by atoms with Crippen LogP contribution in [0, 0.1) is 11.3 Å². The molecule has 0 fully saturated rings. The maximum atomic E-state index is 11.6. The molecule has 3 aromatic carbocycles. The van der Waals surface area contributed by atoms with Crippen molar-refractivity contribution in [2.75, 3.05) is 4.90 Å². The highest BCUT2D eigenvalue weighted by Crippen LogP contribution is 2.49. The van der Waals surface area contributed by atoms with Crippen LogP contribution >= 0.6 is 11.8 Å². The van der Waals surface area contributed by atoms with Gasteiger partial charge in [-0.15, -0.1) is 0 Å². The molecule has 2 N–H and O–H groups in total. The molecule has 0 unspecified atom stereocenters. The Kier molecular flexibility index (Phi) is 5.40. The third-order valence-corrected chi connectivity index (χ3v) is 6.34. The molecule has 1 aliphatic rings. The molecule has 31 heavy (non-hydrogen) atoms. The van der Waals surface area contributed by atoms with Crippen LogP contribution in [0.25, 0.3) is 0 Å². The van der Waals surface area contributed by atoms with Crippen molar-refractivity contribution < 1.29 is 19.8 Å². The Morgan fingerprint density at radius 3 is 2.39 bits per heavy atom. The van der Waals surface area contributed by atoms with Crippen molar-refractivity contribution in [2.45, 2.75) is 29.2 Å². The number of nitrogens with zero attached hydrogens (tertiary/aromatic N) is 2. The number of nitriles is 1. The van der Waals surface area contributed by atoms with Gasteiger partial charge in [-0.05, 0) is 61.4 Å². The third kappa shape index (κ3) is 3.86. The van der Waals surface area contributed by atoms with Crippen LogP contribution in [0.2, 0.25) is 0 Å². The lowest BCUT2D eigenvalue weighted by Gasteiger charge is -2.37. The Hall–Kier alpha value is -3.76. The van der Waals surface area contributed by atoms with Gasteiger partial charge in [-0.3, -0.25) is 0 Å². The van der Waals surface area contributed by atoms with Gasteiger partial charge in [-0.25, -0.2) is 9.59 Å². The number of hydrogen-bond acceptors (Lipinski definition) is 5. The maximum Gasteiger partial charge on any atom is 0.336 e. The predicted molar refractivity (Wildman–Crippen MR) is 117 cm³/mol. The van der Waals surface area contributed by atoms with E-state index in [-0.39, 0.29) is 17.2 Å². The minimum atomic E-state index is -1.27. The van der Waals surface area contributed by atoms with Crippen molar-refractivity contribution in [2.24, 2.45) is 0 Å². The number of carboxylic acids is 2. The first kappa shape index (κ1) is 20.5. The van der Waals surface area contributed by atoms with Crippen molar-refractivity contribution in [3.8, 4) is 6.07 Å². The molecule has 0 amide bonds. The Morgan fingerprint density at radius 2 is 1.68 bits per heavy atom. The van der Waals surface area contributed by atoms with Crippen LogP contribution in [-0.2, 0) is 6.42 Å². The molecule has 4 rings (SSSR count). The van der Waals surface area contributed by atoms with E-state index in [4.69, 9.17) is 0 Å². The summed E-state index contributed by atoms with van der Waals surface area (Å²) in [5.41, 5.74) is 2.78. The number of carbonyl (C=O) groups is 2. The normalized spacial score (nSPS) is 13.0. The van der Waals surface area contributed by atoms with Gasteiger partial charge in [0, 0.05) is 15.8 Å². The summed E-state index contributed by atoms with van der Waals surface area (Å²) in [6, 6.07) is 20.2. The van der Waals surface area contributed by atoms with Gasteiger partial charge in [-0.1, -0.05) is 30.0 Å². The summed E-state index contributed by atoms with van der Waals surface area (Å²) in [4.78, 5) is 27.2. The summed E-state index contributed by atoms with van der Waals surface area (Å²) in [6.07, 6.45) is 0.495. The van der Waals surface area contributed by atoms with Gasteiger partial charge < -0.3 is 15.1 Å². The summed E-state index contributed by atoms with van der Waals surface area (Å²) in [6.45, 7) is 2.03. The first-order valence-electron chi connectivity index (χ1n) is 9.59. The van der Waals surface area contributed by atoms with E-state index in [1.54, 1.807) is 23.9 Å². The van der Waals surface area contributed by atoms with Crippen LogP contribution in [0.1, 0.15) is 38.8 Å². The number of benzene rings is 3. The number of rotatable bonds is 5. The molecule has 0 spiro atoms. The number of fused-ring (bicyclic) bond motifs is 2. The lowest BCUT2D eigenvalue weighted by Crippen LogP contribution is -2.32. The summed E-state index contributed by atoms with van der Waals surface area (Å²) in [5, 5.41) is 28.1. The average molecular weight is 430 g/mol. The Bertz CT molecular complexity index is 1250. The van der Waals surface area contributed by atoms with Gasteiger partial charge in [0.2, 0.25) is 0 Å². The average Bonchev–Trinajstić information content (AvgIpc) is 2.76. The zero-order valence-corrected chi connectivity index (χ0v) is 17.4. The SMILES string of the molecule is C[C@@H](Cc1ccc(C(=O)O)c(C(=O)O)c1)N1c2ccccc2Sc2ccc(C#N)cc21. The largest absolute Gasteiger partial charge is 0.478 e. The molecule has 0 saturated carbocycles. The lowest BCUT2D eigenvalue weighted by molar-refractivity contribution is 0.0651. The smallest absolute Gasteiger partial charge is 0.336 e. The van der Waals surface area contributed by atoms with Gasteiger partial charge in [-0.2, -0.15) is 5.26 Å². The Morgan fingerprint density at radius 1 is 0.968 bits per heavy atom. The molecule has 0 aromatic heterocycles. The van der Waals surface area contributed by atoms with E-state index < -0.39 is 11.9 Å². The topological polar surface area (TPSA) is 102 Å². The number of aromatic carboxylic acids is 2. The second-order valence-electron chi connectivity index (χ2n) is 7.28. The third-order valence-electron chi connectivity index (χ3n) is 5.21. The van der Waals surface area contributed by atoms with Crippen LogP contribution < -0.4 is 4.90 Å². The summed E-state index contributed by atoms with van der Waals surface area (Å²) >= 11 is 1.65. The fourth-order valence-corrected chi connectivity index (χ4v) is 4.89. The van der Waals surface area contributed by atoms with Crippen molar-refractivity contribution in [1.29, 1.82) is 5.26 Å². The molecular weight excluding hydrogens is 412 g/mol. The molecule has 154 valence electrons. The molecule has 3 aromatic rings. The van der Waals surface area contributed by atoms with Crippen molar-refractivity contribution in [3.63, 3.8) is 0 Å². The highest BCUT2D eigenvalue weighted by molar-refractivity contribution is 7.99. The molecule has 0 aliphatic carbocycles. The second kappa shape index (κ2) is 8.17. The molecule has 7 heteroatoms. The van der Waals surface area contributed by atoms with E-state index in [0.29, 0.717) is 12.0 Å². The van der Waals surface area contributed by atoms with Crippen molar-refractivity contribution >= 4 is 35.1 Å². The van der Waals surface area contributed by atoms with Crippen LogP contribution in [0.4, 0.5) is 11.4 Å². The molecule has 6 nitrogen and oxygen atoms in total. The molecular formula is C24H18N2O4S. The van der Waals surface area contributed by atoms with Gasteiger partial charge >= 0.3 is 11.9 Å². The highest BCUT2D eigenvalue weighted by Gasteiger charge is 2.28. The van der Waals surface area contributed by atoms with Crippen molar-refractivity contribution in [3.05, 3.63) is 82.9 Å². The summed E-state index contributed by atoms with van der Waals surface area (Å²) in [5.74, 6) is -2.53. The van der Waals surface area contributed by atoms with Crippen molar-refractivity contribution in [1.82, 2.24) is 0 Å². The lowest BCUT2D eigenvalue weighted by atomic mass is 9.98. The number of hydrogen-bond donors (Lipinski definition) is 2. The maximum absolute atomic E-state index is 11.6. The van der Waals surface area contributed by atoms with Gasteiger partial charge in [0.1, 0.15) is 0 Å². The Labute approximate surface area is 183 Å². The molecule has 1 atom stereocenters. The van der Waals surface area contributed by atoms with E-state index in [9.17, 15) is 25.1 Å². The van der Waals surface area contributed by atoms with Gasteiger partial charge in [0.25, 0.3) is 0 Å². The zero-order chi connectivity index (χ0) is 22.1. The minimum Gasteiger partial charge on any atom is -0.478 e. The first-order valence-corrected chi connectivity index (χ1v) is 10.4. The standard InChI is InChI=1S/C24H18N2O4S/c1-14(10-15-6-8-17(23(27)28)18(11-15)24(29)30)26-19-4-2-3-5-21(19)31-22-9-7-16(13-25)12-20(22)26/h2-9,11-12,14H,10H2,1H3,(H,27,28)(H,29,30)/t14-/m0/s1. The number of carboxylic acid groups (broad SMARTS) is 2. The molecule has 1 aliphatic heterocycles. The molecule has 0 saturated heterocycles. The van der Waals surface area contributed by atoms with Gasteiger partial charge in [0.15, 0.2) is 0 Å². The fraction of sp³-hybridized carbons (Fsp3) is 0.125. The minimum absolute atomic E-state index is 0.0768. The van der Waals surface area contributed by atoms with E-state index >= 15 is 0 Å². The zero-order valence-electron chi connectivity index (χ0n) is 16.6. The summed E-state index contributed by atoms with van der Waals surface area (Å²) < 4.78 is 0. The highest BCUT2D eigenvalue weighted by atomic mass is 32.2. The van der Waals surface area contributed by atoms with Crippen LogP contribution in [0.3, 0.4) is 0 Å².